The van der Waals surface area contributed by atoms with Crippen molar-refractivity contribution in [3.63, 3.8) is 0 Å². The molecule has 0 saturated carbocycles. The van der Waals surface area contributed by atoms with E-state index < -0.39 is 28.9 Å². The molecule has 0 aliphatic rings. The normalized spacial score (nSPS) is 12.8. The summed E-state index contributed by atoms with van der Waals surface area (Å²) in [5.41, 5.74) is 0. The number of halogens is 2. The molecule has 1 atom stereocenters. The molecule has 0 heterocycles. The summed E-state index contributed by atoms with van der Waals surface area (Å²) in [6.07, 6.45) is 1.29. The number of rotatable bonds is 6. The van der Waals surface area contributed by atoms with Gasteiger partial charge in [-0.2, -0.15) is 8.78 Å². The van der Waals surface area contributed by atoms with E-state index in [1.807, 2.05) is 6.92 Å². The van der Waals surface area contributed by atoms with E-state index in [9.17, 15) is 22.3 Å². The van der Waals surface area contributed by atoms with E-state index in [0.717, 1.165) is 6.42 Å². The Morgan fingerprint density at radius 3 is 2.47 bits per heavy atom. The van der Waals surface area contributed by atoms with Crippen molar-refractivity contribution in [3.05, 3.63) is 0 Å². The van der Waals surface area contributed by atoms with Crippen LogP contribution in [0.4, 0.5) is 8.78 Å². The zero-order valence-corrected chi connectivity index (χ0v) is 11.4. The predicted octanol–water partition coefficient (Wildman–Crippen LogP) is -1.80. The fourth-order valence-corrected chi connectivity index (χ4v) is 0.761. The van der Waals surface area contributed by atoms with Crippen LogP contribution in [0.1, 0.15) is 26.2 Å². The van der Waals surface area contributed by atoms with Gasteiger partial charge >= 0.3 is 40.8 Å². The number of alkyl halides is 2. The topological polar surface area (TPSA) is 66.4 Å². The van der Waals surface area contributed by atoms with Crippen molar-refractivity contribution in [1.82, 2.24) is 0 Å². The molecule has 0 aliphatic carbocycles. The molecular weight excluding hydrogens is 241 g/mol. The average Bonchev–Trinajstić information content (AvgIpc) is 2.11. The number of carbonyl (C=O) groups excluding carboxylic acids is 1. The van der Waals surface area contributed by atoms with E-state index >= 15 is 0 Å². The molecule has 0 bridgehead atoms. The number of ether oxygens (including phenoxy) is 1. The molecule has 0 aromatic heterocycles. The third-order valence-corrected chi connectivity index (χ3v) is 1.99. The zero-order valence-electron chi connectivity index (χ0n) is 8.63. The number of carbonyl (C=O) groups is 1. The maximum Gasteiger partial charge on any atom is 1.00 e. The van der Waals surface area contributed by atoms with Gasteiger partial charge in [0.05, 0.1) is 0 Å². The quantitative estimate of drug-likeness (QED) is 0.318. The van der Waals surface area contributed by atoms with Gasteiger partial charge in [-0.15, -0.1) is 0 Å². The van der Waals surface area contributed by atoms with Gasteiger partial charge in [0.25, 0.3) is 0 Å². The van der Waals surface area contributed by atoms with Crippen molar-refractivity contribution in [2.24, 2.45) is 0 Å². The van der Waals surface area contributed by atoms with Crippen LogP contribution in [0.5, 0.6) is 0 Å². The van der Waals surface area contributed by atoms with Crippen molar-refractivity contribution in [2.45, 2.75) is 31.4 Å². The van der Waals surface area contributed by atoms with E-state index in [2.05, 4.69) is 4.74 Å². The first-order valence-electron chi connectivity index (χ1n) is 4.03. The SMILES string of the molecule is CCCCC(=O)OCC(F)(F)S(=O)[O-].[Na+]. The van der Waals surface area contributed by atoms with E-state index in [-0.39, 0.29) is 36.0 Å². The molecule has 8 heteroatoms. The van der Waals surface area contributed by atoms with Crippen LogP contribution >= 0.6 is 0 Å². The molecule has 0 amide bonds. The summed E-state index contributed by atoms with van der Waals surface area (Å²) in [6, 6.07) is 0. The molecule has 0 radical (unpaired) electrons. The Kier molecular flexibility index (Phi) is 10.2. The monoisotopic (exact) mass is 252 g/mol. The van der Waals surface area contributed by atoms with Crippen LogP contribution in [0, 0.1) is 0 Å². The second-order valence-electron chi connectivity index (χ2n) is 2.64. The summed E-state index contributed by atoms with van der Waals surface area (Å²) in [7, 11) is 0. The van der Waals surface area contributed by atoms with Crippen molar-refractivity contribution >= 4 is 17.0 Å². The van der Waals surface area contributed by atoms with E-state index in [4.69, 9.17) is 0 Å². The molecular formula is C7H11F2NaO4S. The van der Waals surface area contributed by atoms with E-state index in [1.165, 1.54) is 0 Å². The minimum absolute atomic E-state index is 0. The number of esters is 1. The number of unbranched alkanes of at least 4 members (excludes halogenated alkanes) is 1. The Labute approximate surface area is 111 Å². The van der Waals surface area contributed by atoms with Gasteiger partial charge < -0.3 is 9.29 Å². The Balaban J connectivity index is 0. The van der Waals surface area contributed by atoms with Gasteiger partial charge in [0.2, 0.25) is 0 Å². The minimum Gasteiger partial charge on any atom is -0.768 e. The predicted molar refractivity (Wildman–Crippen MR) is 44.4 cm³/mol. The first kappa shape index (κ1) is 17.8. The Hall–Kier alpha value is 0.440. The first-order valence-corrected chi connectivity index (χ1v) is 5.10. The van der Waals surface area contributed by atoms with Gasteiger partial charge in [0.1, 0.15) is 0 Å². The van der Waals surface area contributed by atoms with E-state index in [1.54, 1.807) is 0 Å². The van der Waals surface area contributed by atoms with Crippen LogP contribution in [0.3, 0.4) is 0 Å². The Morgan fingerprint density at radius 1 is 1.53 bits per heavy atom. The summed E-state index contributed by atoms with van der Waals surface area (Å²) in [5, 5.41) is -4.00. The van der Waals surface area contributed by atoms with Crippen LogP contribution in [0.2, 0.25) is 0 Å². The second kappa shape index (κ2) is 8.58. The maximum atomic E-state index is 12.3. The van der Waals surface area contributed by atoms with Gasteiger partial charge in [-0.25, -0.2) is 0 Å². The van der Waals surface area contributed by atoms with Crippen LogP contribution in [0.15, 0.2) is 0 Å². The molecule has 0 aliphatic heterocycles. The molecule has 84 valence electrons. The summed E-state index contributed by atoms with van der Waals surface area (Å²) in [4.78, 5) is 10.7. The molecule has 0 N–H and O–H groups in total. The largest absolute Gasteiger partial charge is 1.00 e. The van der Waals surface area contributed by atoms with Gasteiger partial charge in [-0.05, 0) is 6.42 Å². The van der Waals surface area contributed by atoms with Gasteiger partial charge in [0, 0.05) is 17.5 Å². The van der Waals surface area contributed by atoms with Gasteiger partial charge in [0.15, 0.2) is 6.61 Å². The zero-order chi connectivity index (χ0) is 11.2. The molecule has 15 heavy (non-hydrogen) atoms. The number of hydrogen-bond acceptors (Lipinski definition) is 4. The molecule has 0 rings (SSSR count). The second-order valence-corrected chi connectivity index (χ2v) is 3.70. The van der Waals surface area contributed by atoms with Crippen molar-refractivity contribution in [2.75, 3.05) is 6.61 Å². The third-order valence-electron chi connectivity index (χ3n) is 1.38. The molecule has 0 saturated heterocycles. The fourth-order valence-electron chi connectivity index (χ4n) is 0.606. The fraction of sp³-hybridized carbons (Fsp3) is 0.857. The van der Waals surface area contributed by atoms with E-state index in [0.29, 0.717) is 6.42 Å². The van der Waals surface area contributed by atoms with Crippen LogP contribution in [-0.2, 0) is 20.6 Å². The molecule has 4 nitrogen and oxygen atoms in total. The summed E-state index contributed by atoms with van der Waals surface area (Å²) < 4.78 is 48.6. The van der Waals surface area contributed by atoms with Crippen molar-refractivity contribution in [1.29, 1.82) is 0 Å². The summed E-state index contributed by atoms with van der Waals surface area (Å²) in [5.74, 6) is -0.808. The Bertz CT molecular complexity index is 225. The molecule has 0 fully saturated rings. The van der Waals surface area contributed by atoms with Crippen LogP contribution < -0.4 is 29.6 Å². The van der Waals surface area contributed by atoms with Gasteiger partial charge in [-0.1, -0.05) is 13.3 Å². The van der Waals surface area contributed by atoms with Crippen molar-refractivity contribution in [3.8, 4) is 0 Å². The first-order chi connectivity index (χ1) is 6.40. The molecule has 0 spiro atoms. The summed E-state index contributed by atoms with van der Waals surface area (Å²) in [6.45, 7) is 0.417. The standard InChI is InChI=1S/C7H12F2O4S.Na/c1-2-3-4-6(10)13-5-7(8,9)14(11)12;/h2-5H2,1H3,(H,11,12);/q;+1/p-1. The average molecular weight is 252 g/mol. The minimum atomic E-state index is -4.00. The van der Waals surface area contributed by atoms with Crippen LogP contribution in [-0.4, -0.2) is 26.6 Å². The smallest absolute Gasteiger partial charge is 0.768 e. The van der Waals surface area contributed by atoms with Crippen molar-refractivity contribution < 1.29 is 56.6 Å². The maximum absolute atomic E-state index is 12.3. The molecule has 1 unspecified atom stereocenters. The van der Waals surface area contributed by atoms with Gasteiger partial charge in [-0.3, -0.25) is 9.00 Å². The van der Waals surface area contributed by atoms with Crippen LogP contribution in [0.25, 0.3) is 0 Å². The third kappa shape index (κ3) is 8.27. The molecule has 0 aromatic carbocycles. The summed E-state index contributed by atoms with van der Waals surface area (Å²) >= 11 is -3.56. The Morgan fingerprint density at radius 2 is 2.07 bits per heavy atom. The number of hydrogen-bond donors (Lipinski definition) is 0. The molecule has 0 aromatic rings.